The third kappa shape index (κ3) is 5.68. The van der Waals surface area contributed by atoms with E-state index in [1.165, 1.54) is 7.11 Å². The predicted molar refractivity (Wildman–Crippen MR) is 66.6 cm³/mol. The second-order valence-corrected chi connectivity index (χ2v) is 4.19. The fourth-order valence-corrected chi connectivity index (χ4v) is 1.71. The molecule has 0 saturated carbocycles. The van der Waals surface area contributed by atoms with E-state index in [1.807, 2.05) is 25.8 Å². The topological polar surface area (TPSA) is 49.9 Å². The number of amides is 1. The summed E-state index contributed by atoms with van der Waals surface area (Å²) in [6, 6.07) is 0. The molecule has 0 aromatic rings. The van der Waals surface area contributed by atoms with Gasteiger partial charge in [-0.15, -0.1) is 0 Å². The molecule has 0 aromatic heterocycles. The minimum absolute atomic E-state index is 0.0922. The average molecular weight is 244 g/mol. The Labute approximate surface area is 104 Å². The molecule has 0 saturated heterocycles. The number of nitrogens with zero attached hydrogens (tertiary/aromatic N) is 2. The lowest BCUT2D eigenvalue weighted by Gasteiger charge is -2.24. The Morgan fingerprint density at radius 1 is 1.24 bits per heavy atom. The summed E-state index contributed by atoms with van der Waals surface area (Å²) in [6.45, 7) is 8.01. The average Bonchev–Trinajstić information content (AvgIpc) is 2.29. The van der Waals surface area contributed by atoms with Crippen molar-refractivity contribution in [3.05, 3.63) is 0 Å². The van der Waals surface area contributed by atoms with Crippen LogP contribution >= 0.6 is 0 Å². The van der Waals surface area contributed by atoms with Crippen molar-refractivity contribution >= 4 is 11.9 Å². The predicted octanol–water partition coefficient (Wildman–Crippen LogP) is 0.596. The lowest BCUT2D eigenvalue weighted by molar-refractivity contribution is -0.146. The van der Waals surface area contributed by atoms with Gasteiger partial charge >= 0.3 is 5.97 Å². The highest BCUT2D eigenvalue weighted by Gasteiger charge is 2.18. The number of methoxy groups -OCH3 is 1. The van der Waals surface area contributed by atoms with E-state index >= 15 is 0 Å². The van der Waals surface area contributed by atoms with Gasteiger partial charge in [-0.2, -0.15) is 0 Å². The molecule has 1 unspecified atom stereocenters. The van der Waals surface area contributed by atoms with Crippen molar-refractivity contribution in [1.82, 2.24) is 9.80 Å². The van der Waals surface area contributed by atoms with Crippen LogP contribution in [-0.4, -0.2) is 62.0 Å². The van der Waals surface area contributed by atoms with Crippen LogP contribution in [0.15, 0.2) is 0 Å². The van der Waals surface area contributed by atoms with Crippen molar-refractivity contribution in [2.45, 2.75) is 20.8 Å². The molecule has 1 amide bonds. The summed E-state index contributed by atoms with van der Waals surface area (Å²) in [6.07, 6.45) is 0. The van der Waals surface area contributed by atoms with Gasteiger partial charge in [0, 0.05) is 19.6 Å². The Balaban J connectivity index is 4.13. The van der Waals surface area contributed by atoms with Gasteiger partial charge in [0.2, 0.25) is 5.91 Å². The highest BCUT2D eigenvalue weighted by atomic mass is 16.5. The fraction of sp³-hybridized carbons (Fsp3) is 0.833. The van der Waals surface area contributed by atoms with Crippen LogP contribution in [0.5, 0.6) is 0 Å². The minimum Gasteiger partial charge on any atom is -0.469 e. The largest absolute Gasteiger partial charge is 0.469 e. The van der Waals surface area contributed by atoms with Crippen molar-refractivity contribution < 1.29 is 14.3 Å². The number of carbonyl (C=O) groups excluding carboxylic acids is 2. The molecule has 0 aliphatic rings. The van der Waals surface area contributed by atoms with Gasteiger partial charge in [0.15, 0.2) is 0 Å². The molecule has 0 rings (SSSR count). The molecule has 5 nitrogen and oxygen atoms in total. The highest BCUT2D eigenvalue weighted by Crippen LogP contribution is 2.01. The van der Waals surface area contributed by atoms with E-state index in [0.717, 1.165) is 13.1 Å². The Hall–Kier alpha value is -1.10. The number of likely N-dealkylation sites (N-methyl/N-ethyl adjacent to an activating group) is 2. The van der Waals surface area contributed by atoms with Gasteiger partial charge in [0.1, 0.15) is 0 Å². The molecule has 5 heteroatoms. The fourth-order valence-electron chi connectivity index (χ4n) is 1.71. The first-order valence-corrected chi connectivity index (χ1v) is 6.00. The molecule has 0 fully saturated rings. The molecule has 0 aliphatic carbocycles. The summed E-state index contributed by atoms with van der Waals surface area (Å²) >= 11 is 0. The SMILES string of the molecule is CCN(CC)C(=O)CN(C)CC(C)C(=O)OC. The van der Waals surface area contributed by atoms with E-state index in [4.69, 9.17) is 0 Å². The molecule has 0 bridgehead atoms. The maximum atomic E-state index is 11.8. The Kier molecular flexibility index (Phi) is 7.54. The number of hydrogen-bond donors (Lipinski definition) is 0. The normalized spacial score (nSPS) is 12.4. The van der Waals surface area contributed by atoms with E-state index in [1.54, 1.807) is 11.8 Å². The van der Waals surface area contributed by atoms with E-state index < -0.39 is 0 Å². The van der Waals surface area contributed by atoms with Gasteiger partial charge in [-0.25, -0.2) is 0 Å². The molecular weight excluding hydrogens is 220 g/mol. The molecule has 0 aromatic carbocycles. The third-order valence-corrected chi connectivity index (χ3v) is 2.71. The van der Waals surface area contributed by atoms with Gasteiger partial charge in [-0.1, -0.05) is 6.92 Å². The second-order valence-electron chi connectivity index (χ2n) is 4.19. The van der Waals surface area contributed by atoms with E-state index in [9.17, 15) is 9.59 Å². The summed E-state index contributed by atoms with van der Waals surface area (Å²) in [7, 11) is 3.21. The van der Waals surface area contributed by atoms with Crippen LogP contribution in [0.1, 0.15) is 20.8 Å². The summed E-state index contributed by atoms with van der Waals surface area (Å²) in [5.74, 6) is -0.365. The summed E-state index contributed by atoms with van der Waals surface area (Å²) in [5, 5.41) is 0. The third-order valence-electron chi connectivity index (χ3n) is 2.71. The summed E-state index contributed by atoms with van der Waals surface area (Å²) in [4.78, 5) is 26.7. The van der Waals surface area contributed by atoms with Gasteiger partial charge in [-0.3, -0.25) is 14.5 Å². The molecular formula is C12H24N2O3. The Morgan fingerprint density at radius 3 is 2.18 bits per heavy atom. The van der Waals surface area contributed by atoms with Crippen molar-refractivity contribution in [3.8, 4) is 0 Å². The zero-order valence-electron chi connectivity index (χ0n) is 11.5. The maximum absolute atomic E-state index is 11.8. The molecule has 17 heavy (non-hydrogen) atoms. The van der Waals surface area contributed by atoms with Crippen LogP contribution in [0.4, 0.5) is 0 Å². The monoisotopic (exact) mass is 244 g/mol. The van der Waals surface area contributed by atoms with E-state index in [-0.39, 0.29) is 17.8 Å². The molecule has 0 N–H and O–H groups in total. The molecule has 1 atom stereocenters. The number of rotatable bonds is 7. The van der Waals surface area contributed by atoms with Crippen LogP contribution < -0.4 is 0 Å². The zero-order chi connectivity index (χ0) is 13.4. The smallest absolute Gasteiger partial charge is 0.309 e. The Morgan fingerprint density at radius 2 is 1.76 bits per heavy atom. The second kappa shape index (κ2) is 8.06. The highest BCUT2D eigenvalue weighted by molar-refractivity contribution is 5.78. The van der Waals surface area contributed by atoms with E-state index in [2.05, 4.69) is 4.74 Å². The van der Waals surface area contributed by atoms with Crippen LogP contribution in [0.25, 0.3) is 0 Å². The van der Waals surface area contributed by atoms with Crippen molar-refractivity contribution in [2.75, 3.05) is 40.3 Å². The van der Waals surface area contributed by atoms with Gasteiger partial charge in [0.25, 0.3) is 0 Å². The van der Waals surface area contributed by atoms with Crippen LogP contribution in [0.3, 0.4) is 0 Å². The molecule has 0 spiro atoms. The molecule has 100 valence electrons. The summed E-state index contributed by atoms with van der Waals surface area (Å²) < 4.78 is 4.65. The summed E-state index contributed by atoms with van der Waals surface area (Å²) in [5.41, 5.74) is 0. The lowest BCUT2D eigenvalue weighted by atomic mass is 10.2. The van der Waals surface area contributed by atoms with E-state index in [0.29, 0.717) is 13.1 Å². The Bertz CT molecular complexity index is 252. The first kappa shape index (κ1) is 15.9. The van der Waals surface area contributed by atoms with Crippen LogP contribution in [0.2, 0.25) is 0 Å². The quantitative estimate of drug-likeness (QED) is 0.615. The standard InChI is InChI=1S/C12H24N2O3/c1-6-14(7-2)11(15)9-13(4)8-10(3)12(16)17-5/h10H,6-9H2,1-5H3. The number of hydrogen-bond acceptors (Lipinski definition) is 4. The van der Waals surface area contributed by atoms with Crippen molar-refractivity contribution in [2.24, 2.45) is 5.92 Å². The maximum Gasteiger partial charge on any atom is 0.309 e. The van der Waals surface area contributed by atoms with Crippen molar-refractivity contribution in [1.29, 1.82) is 0 Å². The molecule has 0 radical (unpaired) electrons. The van der Waals surface area contributed by atoms with Gasteiger partial charge in [0.05, 0.1) is 19.6 Å². The minimum atomic E-state index is -0.243. The van der Waals surface area contributed by atoms with Crippen LogP contribution in [-0.2, 0) is 14.3 Å². The number of carbonyl (C=O) groups is 2. The molecule has 0 heterocycles. The first-order valence-electron chi connectivity index (χ1n) is 6.00. The van der Waals surface area contributed by atoms with Gasteiger partial charge < -0.3 is 9.64 Å². The number of ether oxygens (including phenoxy) is 1. The van der Waals surface area contributed by atoms with Gasteiger partial charge in [-0.05, 0) is 20.9 Å². The number of esters is 1. The van der Waals surface area contributed by atoms with Crippen molar-refractivity contribution in [3.63, 3.8) is 0 Å². The zero-order valence-corrected chi connectivity index (χ0v) is 11.5. The van der Waals surface area contributed by atoms with Crippen LogP contribution in [0, 0.1) is 5.92 Å². The lowest BCUT2D eigenvalue weighted by Crippen LogP contribution is -2.40. The molecule has 0 aliphatic heterocycles. The first-order chi connectivity index (χ1) is 7.96.